The summed E-state index contributed by atoms with van der Waals surface area (Å²) in [5.74, 6) is 7.23. The molecular weight excluding hydrogens is 254 g/mol. The molecule has 0 spiro atoms. The fraction of sp³-hybridized carbons (Fsp3) is 0.667. The third-order valence-corrected chi connectivity index (χ3v) is 4.47. The highest BCUT2D eigenvalue weighted by molar-refractivity contribution is 5.91. The van der Waals surface area contributed by atoms with Crippen LogP contribution in [-0.2, 0) is 6.54 Å². The molecule has 112 valence electrons. The van der Waals surface area contributed by atoms with E-state index in [2.05, 4.69) is 31.1 Å². The molecule has 1 aliphatic heterocycles. The molecule has 0 saturated carbocycles. The predicted molar refractivity (Wildman–Crippen MR) is 77.9 cm³/mol. The highest BCUT2D eigenvalue weighted by atomic mass is 16.4. The third-order valence-electron chi connectivity index (χ3n) is 4.47. The normalized spacial score (nSPS) is 27.6. The summed E-state index contributed by atoms with van der Waals surface area (Å²) in [6.45, 7) is 10.7. The minimum absolute atomic E-state index is 0.283. The number of hydrazine groups is 1. The van der Waals surface area contributed by atoms with Crippen LogP contribution >= 0.6 is 0 Å². The molecule has 3 unspecified atom stereocenters. The predicted octanol–water partition coefficient (Wildman–Crippen LogP) is 2.06. The van der Waals surface area contributed by atoms with Crippen molar-refractivity contribution in [2.75, 3.05) is 6.54 Å². The molecule has 1 saturated heterocycles. The van der Waals surface area contributed by atoms with Crippen molar-refractivity contribution in [2.45, 2.75) is 46.7 Å². The van der Waals surface area contributed by atoms with Crippen LogP contribution in [0.25, 0.3) is 0 Å². The zero-order valence-electron chi connectivity index (χ0n) is 12.8. The van der Waals surface area contributed by atoms with E-state index in [0.717, 1.165) is 24.4 Å². The number of nitrogens with zero attached hydrogens (tertiary/aromatic N) is 1. The number of rotatable bonds is 3. The van der Waals surface area contributed by atoms with E-state index in [0.29, 0.717) is 17.9 Å². The van der Waals surface area contributed by atoms with Crippen molar-refractivity contribution in [3.63, 3.8) is 0 Å². The number of nitrogens with one attached hydrogen (secondary N) is 1. The summed E-state index contributed by atoms with van der Waals surface area (Å²) in [7, 11) is 0. The Labute approximate surface area is 120 Å². The van der Waals surface area contributed by atoms with E-state index < -0.39 is 0 Å². The second kappa shape index (κ2) is 5.97. The van der Waals surface area contributed by atoms with E-state index in [-0.39, 0.29) is 11.7 Å². The molecule has 2 heterocycles. The Morgan fingerprint density at radius 2 is 2.20 bits per heavy atom. The molecule has 0 radical (unpaired) electrons. The first-order valence-corrected chi connectivity index (χ1v) is 7.26. The van der Waals surface area contributed by atoms with Crippen LogP contribution in [0.5, 0.6) is 0 Å². The van der Waals surface area contributed by atoms with Crippen molar-refractivity contribution in [3.05, 3.63) is 23.2 Å². The largest absolute Gasteiger partial charge is 0.456 e. The maximum Gasteiger partial charge on any atom is 0.300 e. The molecule has 3 atom stereocenters. The van der Waals surface area contributed by atoms with Gasteiger partial charge in [-0.2, -0.15) is 0 Å². The van der Waals surface area contributed by atoms with Gasteiger partial charge < -0.3 is 4.42 Å². The highest BCUT2D eigenvalue weighted by Gasteiger charge is 2.29. The molecule has 3 N–H and O–H groups in total. The van der Waals surface area contributed by atoms with Crippen molar-refractivity contribution >= 4 is 5.91 Å². The smallest absolute Gasteiger partial charge is 0.300 e. The Hall–Kier alpha value is -1.33. The Kier molecular flexibility index (Phi) is 4.50. The van der Waals surface area contributed by atoms with Crippen molar-refractivity contribution in [1.82, 2.24) is 10.3 Å². The number of likely N-dealkylation sites (tertiary alicyclic amines) is 1. The maximum absolute atomic E-state index is 11.5. The number of amides is 1. The Bertz CT molecular complexity index is 483. The summed E-state index contributed by atoms with van der Waals surface area (Å²) >= 11 is 0. The van der Waals surface area contributed by atoms with Crippen LogP contribution in [-0.4, -0.2) is 23.4 Å². The fourth-order valence-electron chi connectivity index (χ4n) is 3.12. The van der Waals surface area contributed by atoms with E-state index in [4.69, 9.17) is 10.3 Å². The molecule has 1 fully saturated rings. The van der Waals surface area contributed by atoms with Gasteiger partial charge in [0, 0.05) is 24.7 Å². The number of aryl methyl sites for hydroxylation is 1. The van der Waals surface area contributed by atoms with Gasteiger partial charge >= 0.3 is 5.91 Å². The molecule has 1 aromatic heterocycles. The van der Waals surface area contributed by atoms with E-state index in [1.165, 1.54) is 6.42 Å². The second-order valence-corrected chi connectivity index (χ2v) is 6.15. The molecule has 0 aliphatic carbocycles. The molecule has 2 rings (SSSR count). The molecule has 1 aromatic rings. The molecular formula is C15H25N3O2. The summed E-state index contributed by atoms with van der Waals surface area (Å²) in [5.41, 5.74) is 3.17. The lowest BCUT2D eigenvalue weighted by molar-refractivity contribution is 0.0725. The van der Waals surface area contributed by atoms with Crippen molar-refractivity contribution in [2.24, 2.45) is 17.7 Å². The van der Waals surface area contributed by atoms with Crippen molar-refractivity contribution in [1.29, 1.82) is 0 Å². The first kappa shape index (κ1) is 15.1. The first-order chi connectivity index (χ1) is 9.42. The van der Waals surface area contributed by atoms with Crippen LogP contribution in [0.1, 0.15) is 49.1 Å². The number of furan rings is 1. The number of piperidine rings is 1. The molecule has 0 bridgehead atoms. The van der Waals surface area contributed by atoms with E-state index in [9.17, 15) is 4.79 Å². The van der Waals surface area contributed by atoms with Gasteiger partial charge in [0.2, 0.25) is 0 Å². The van der Waals surface area contributed by atoms with E-state index >= 15 is 0 Å². The minimum atomic E-state index is -0.382. The number of carbonyl (C=O) groups is 1. The summed E-state index contributed by atoms with van der Waals surface area (Å²) < 4.78 is 5.48. The third kappa shape index (κ3) is 3.04. The van der Waals surface area contributed by atoms with Gasteiger partial charge in [0.25, 0.3) is 0 Å². The van der Waals surface area contributed by atoms with Crippen LogP contribution < -0.4 is 11.3 Å². The molecule has 5 nitrogen and oxygen atoms in total. The molecule has 1 aliphatic rings. The standard InChI is InChI=1S/C15H25N3O2/c1-9-5-10(2)11(3)18(7-9)8-13-6-14(15(19)17-16)20-12(13)4/h6,9-11H,5,7-8,16H2,1-4H3,(H,17,19). The van der Waals surface area contributed by atoms with E-state index in [1.54, 1.807) is 6.07 Å². The second-order valence-electron chi connectivity index (χ2n) is 6.15. The van der Waals surface area contributed by atoms with Gasteiger partial charge in [-0.05, 0) is 38.2 Å². The van der Waals surface area contributed by atoms with Crippen LogP contribution in [0.15, 0.2) is 10.5 Å². The Morgan fingerprint density at radius 3 is 2.85 bits per heavy atom. The van der Waals surface area contributed by atoms with E-state index in [1.807, 2.05) is 6.92 Å². The van der Waals surface area contributed by atoms with Gasteiger partial charge in [0.1, 0.15) is 5.76 Å². The number of carbonyl (C=O) groups excluding carboxylic acids is 1. The lowest BCUT2D eigenvalue weighted by Gasteiger charge is -2.41. The number of nitrogen functional groups attached to an aromatic ring is 1. The maximum atomic E-state index is 11.5. The molecule has 0 aromatic carbocycles. The van der Waals surface area contributed by atoms with Gasteiger partial charge in [0.15, 0.2) is 5.76 Å². The van der Waals surface area contributed by atoms with Crippen LogP contribution in [0.4, 0.5) is 0 Å². The van der Waals surface area contributed by atoms with Crippen LogP contribution in [0.2, 0.25) is 0 Å². The lowest BCUT2D eigenvalue weighted by Crippen LogP contribution is -2.45. The monoisotopic (exact) mass is 279 g/mol. The van der Waals surface area contributed by atoms with Gasteiger partial charge in [-0.15, -0.1) is 0 Å². The topological polar surface area (TPSA) is 71.5 Å². The summed E-state index contributed by atoms with van der Waals surface area (Å²) in [6, 6.07) is 2.35. The SMILES string of the molecule is Cc1oc(C(=O)NN)cc1CN1CC(C)CC(C)C1C. The average molecular weight is 279 g/mol. The zero-order valence-corrected chi connectivity index (χ0v) is 12.8. The van der Waals surface area contributed by atoms with Crippen molar-refractivity contribution < 1.29 is 9.21 Å². The molecule has 1 amide bonds. The quantitative estimate of drug-likeness (QED) is 0.505. The van der Waals surface area contributed by atoms with Gasteiger partial charge in [-0.1, -0.05) is 13.8 Å². The Balaban J connectivity index is 2.13. The first-order valence-electron chi connectivity index (χ1n) is 7.26. The van der Waals surface area contributed by atoms with Gasteiger partial charge in [-0.3, -0.25) is 15.1 Å². The zero-order chi connectivity index (χ0) is 14.9. The summed E-state index contributed by atoms with van der Waals surface area (Å²) in [5, 5.41) is 0. The molecule has 20 heavy (non-hydrogen) atoms. The minimum Gasteiger partial charge on any atom is -0.456 e. The van der Waals surface area contributed by atoms with Crippen molar-refractivity contribution in [3.8, 4) is 0 Å². The van der Waals surface area contributed by atoms with Gasteiger partial charge in [-0.25, -0.2) is 5.84 Å². The highest BCUT2D eigenvalue weighted by Crippen LogP contribution is 2.29. The van der Waals surface area contributed by atoms with Gasteiger partial charge in [0.05, 0.1) is 0 Å². The number of hydrogen-bond donors (Lipinski definition) is 2. The fourth-order valence-corrected chi connectivity index (χ4v) is 3.12. The average Bonchev–Trinajstić information content (AvgIpc) is 2.76. The summed E-state index contributed by atoms with van der Waals surface area (Å²) in [4.78, 5) is 14.0. The van der Waals surface area contributed by atoms with Crippen LogP contribution in [0.3, 0.4) is 0 Å². The molecule has 5 heteroatoms. The summed E-state index contributed by atoms with van der Waals surface area (Å²) in [6.07, 6.45) is 1.28. The number of nitrogens with two attached hydrogens (primary N) is 1. The lowest BCUT2D eigenvalue weighted by atomic mass is 9.86. The Morgan fingerprint density at radius 1 is 1.50 bits per heavy atom. The number of hydrogen-bond acceptors (Lipinski definition) is 4. The van der Waals surface area contributed by atoms with Crippen LogP contribution in [0, 0.1) is 18.8 Å².